The van der Waals surface area contributed by atoms with Crippen molar-refractivity contribution in [2.45, 2.75) is 44.9 Å². The number of nitrogens with zero attached hydrogens (tertiary/aromatic N) is 2. The number of benzene rings is 2. The zero-order valence-electron chi connectivity index (χ0n) is 16.9. The standard InChI is InChI=1S/C24H29N3O2/c28-23-7-3-6-18-27(23)22-12-8-19(9-13-22)24(29)25-20-10-14-21(15-11-20)26-16-4-1-2-5-17-26/h8-15H,1-7,16-18H2,(H,25,29). The molecule has 5 heteroatoms. The lowest BCUT2D eigenvalue weighted by Crippen LogP contribution is -2.35. The monoisotopic (exact) mass is 391 g/mol. The van der Waals surface area contributed by atoms with Crippen molar-refractivity contribution in [1.29, 1.82) is 0 Å². The van der Waals surface area contributed by atoms with Gasteiger partial charge < -0.3 is 15.1 Å². The minimum atomic E-state index is -0.135. The average molecular weight is 392 g/mol. The number of amides is 2. The van der Waals surface area contributed by atoms with E-state index in [0.29, 0.717) is 12.0 Å². The SMILES string of the molecule is O=C(Nc1ccc(N2CCCCCC2)cc1)c1ccc(N2CCCCC2=O)cc1. The maximum absolute atomic E-state index is 12.6. The topological polar surface area (TPSA) is 52.7 Å². The molecule has 0 saturated carbocycles. The van der Waals surface area contributed by atoms with Gasteiger partial charge in [-0.05, 0) is 74.2 Å². The summed E-state index contributed by atoms with van der Waals surface area (Å²) < 4.78 is 0. The lowest BCUT2D eigenvalue weighted by Gasteiger charge is -2.26. The molecule has 0 atom stereocenters. The highest BCUT2D eigenvalue weighted by Crippen LogP contribution is 2.23. The average Bonchev–Trinajstić information content (AvgIpc) is 3.04. The van der Waals surface area contributed by atoms with Crippen LogP contribution in [0.15, 0.2) is 48.5 Å². The number of nitrogens with one attached hydrogen (secondary N) is 1. The maximum Gasteiger partial charge on any atom is 0.255 e. The number of hydrogen-bond donors (Lipinski definition) is 1. The van der Waals surface area contributed by atoms with Gasteiger partial charge in [-0.15, -0.1) is 0 Å². The van der Waals surface area contributed by atoms with E-state index in [-0.39, 0.29) is 11.8 Å². The van der Waals surface area contributed by atoms with Gasteiger partial charge >= 0.3 is 0 Å². The molecule has 2 aromatic rings. The highest BCUT2D eigenvalue weighted by molar-refractivity contribution is 6.04. The van der Waals surface area contributed by atoms with Gasteiger partial charge in [0.05, 0.1) is 0 Å². The van der Waals surface area contributed by atoms with Gasteiger partial charge in [0.1, 0.15) is 0 Å². The second kappa shape index (κ2) is 9.12. The molecule has 0 unspecified atom stereocenters. The Labute approximate surface area is 172 Å². The summed E-state index contributed by atoms with van der Waals surface area (Å²) in [6, 6.07) is 15.4. The van der Waals surface area contributed by atoms with E-state index in [1.54, 1.807) is 12.1 Å². The van der Waals surface area contributed by atoms with Crippen molar-refractivity contribution in [2.24, 2.45) is 0 Å². The fourth-order valence-corrected chi connectivity index (χ4v) is 4.16. The van der Waals surface area contributed by atoms with E-state index in [9.17, 15) is 9.59 Å². The highest BCUT2D eigenvalue weighted by Gasteiger charge is 2.19. The molecule has 4 rings (SSSR count). The molecule has 0 spiro atoms. The number of hydrogen-bond acceptors (Lipinski definition) is 3. The third kappa shape index (κ3) is 4.78. The van der Waals surface area contributed by atoms with Crippen LogP contribution in [0.25, 0.3) is 0 Å². The smallest absolute Gasteiger partial charge is 0.255 e. The zero-order chi connectivity index (χ0) is 20.1. The summed E-state index contributed by atoms with van der Waals surface area (Å²) in [5, 5.41) is 2.97. The Morgan fingerprint density at radius 3 is 2.00 bits per heavy atom. The Kier molecular flexibility index (Phi) is 6.13. The minimum Gasteiger partial charge on any atom is -0.372 e. The summed E-state index contributed by atoms with van der Waals surface area (Å²) in [4.78, 5) is 28.9. The predicted octanol–water partition coefficient (Wildman–Crippen LogP) is 4.84. The third-order valence-corrected chi connectivity index (χ3v) is 5.86. The Hall–Kier alpha value is -2.82. The van der Waals surface area contributed by atoms with Crippen molar-refractivity contribution < 1.29 is 9.59 Å². The van der Waals surface area contributed by atoms with Gasteiger partial charge in [0.15, 0.2) is 0 Å². The van der Waals surface area contributed by atoms with Gasteiger partial charge in [-0.3, -0.25) is 9.59 Å². The van der Waals surface area contributed by atoms with E-state index in [1.807, 2.05) is 29.2 Å². The molecule has 2 aliphatic heterocycles. The second-order valence-electron chi connectivity index (χ2n) is 7.95. The Balaban J connectivity index is 1.38. The quantitative estimate of drug-likeness (QED) is 0.812. The first kappa shape index (κ1) is 19.5. The number of carbonyl (C=O) groups excluding carboxylic acids is 2. The van der Waals surface area contributed by atoms with Gasteiger partial charge in [-0.25, -0.2) is 0 Å². The van der Waals surface area contributed by atoms with E-state index in [2.05, 4.69) is 22.3 Å². The molecule has 2 aromatic carbocycles. The van der Waals surface area contributed by atoms with Crippen LogP contribution in [0.3, 0.4) is 0 Å². The van der Waals surface area contributed by atoms with Crippen LogP contribution < -0.4 is 15.1 Å². The first-order chi connectivity index (χ1) is 14.2. The molecular weight excluding hydrogens is 362 g/mol. The molecule has 0 aromatic heterocycles. The fourth-order valence-electron chi connectivity index (χ4n) is 4.16. The Bertz CT molecular complexity index is 837. The van der Waals surface area contributed by atoms with E-state index in [1.165, 1.54) is 31.4 Å². The van der Waals surface area contributed by atoms with Gasteiger partial charge in [0, 0.05) is 48.7 Å². The van der Waals surface area contributed by atoms with Crippen molar-refractivity contribution in [3.8, 4) is 0 Å². The molecule has 0 aliphatic carbocycles. The van der Waals surface area contributed by atoms with E-state index in [4.69, 9.17) is 0 Å². The van der Waals surface area contributed by atoms with Crippen molar-refractivity contribution in [3.63, 3.8) is 0 Å². The van der Waals surface area contributed by atoms with Crippen LogP contribution in [0.4, 0.5) is 17.1 Å². The molecular formula is C24H29N3O2. The molecule has 2 heterocycles. The molecule has 1 N–H and O–H groups in total. The highest BCUT2D eigenvalue weighted by atomic mass is 16.2. The van der Waals surface area contributed by atoms with Crippen LogP contribution in [-0.2, 0) is 4.79 Å². The zero-order valence-corrected chi connectivity index (χ0v) is 16.9. The van der Waals surface area contributed by atoms with Crippen molar-refractivity contribution >= 4 is 28.9 Å². The first-order valence-corrected chi connectivity index (χ1v) is 10.8. The summed E-state index contributed by atoms with van der Waals surface area (Å²) in [6.07, 6.45) is 7.73. The predicted molar refractivity (Wildman–Crippen MR) is 118 cm³/mol. The minimum absolute atomic E-state index is 0.135. The van der Waals surface area contributed by atoms with E-state index in [0.717, 1.165) is 43.9 Å². The molecule has 5 nitrogen and oxygen atoms in total. The normalized spacial score (nSPS) is 17.7. The van der Waals surface area contributed by atoms with Crippen LogP contribution >= 0.6 is 0 Å². The van der Waals surface area contributed by atoms with Crippen LogP contribution in [0.2, 0.25) is 0 Å². The number of rotatable bonds is 4. The first-order valence-electron chi connectivity index (χ1n) is 10.8. The summed E-state index contributed by atoms with van der Waals surface area (Å²) in [6.45, 7) is 2.98. The van der Waals surface area contributed by atoms with Crippen LogP contribution in [0.1, 0.15) is 55.3 Å². The van der Waals surface area contributed by atoms with Crippen molar-refractivity contribution in [2.75, 3.05) is 34.8 Å². The van der Waals surface area contributed by atoms with Crippen LogP contribution in [0, 0.1) is 0 Å². The summed E-state index contributed by atoms with van der Waals surface area (Å²) in [5.41, 5.74) is 3.48. The van der Waals surface area contributed by atoms with Gasteiger partial charge in [0.2, 0.25) is 5.91 Å². The third-order valence-electron chi connectivity index (χ3n) is 5.86. The van der Waals surface area contributed by atoms with E-state index >= 15 is 0 Å². The maximum atomic E-state index is 12.6. The van der Waals surface area contributed by atoms with Gasteiger partial charge in [-0.1, -0.05) is 12.8 Å². The summed E-state index contributed by atoms with van der Waals surface area (Å²) in [7, 11) is 0. The molecule has 2 aliphatic rings. The molecule has 152 valence electrons. The lowest BCUT2D eigenvalue weighted by atomic mass is 10.1. The fraction of sp³-hybridized carbons (Fsp3) is 0.417. The van der Waals surface area contributed by atoms with E-state index < -0.39 is 0 Å². The lowest BCUT2D eigenvalue weighted by molar-refractivity contribution is -0.119. The van der Waals surface area contributed by atoms with Crippen LogP contribution in [0.5, 0.6) is 0 Å². The number of anilines is 3. The van der Waals surface area contributed by atoms with Crippen molar-refractivity contribution in [3.05, 3.63) is 54.1 Å². The van der Waals surface area contributed by atoms with Crippen molar-refractivity contribution in [1.82, 2.24) is 0 Å². The number of piperidine rings is 1. The molecule has 2 fully saturated rings. The largest absolute Gasteiger partial charge is 0.372 e. The summed E-state index contributed by atoms with van der Waals surface area (Å²) in [5.74, 6) is 0.0296. The second-order valence-corrected chi connectivity index (χ2v) is 7.95. The molecule has 29 heavy (non-hydrogen) atoms. The molecule has 2 amide bonds. The number of carbonyl (C=O) groups is 2. The van der Waals surface area contributed by atoms with Crippen LogP contribution in [-0.4, -0.2) is 31.4 Å². The molecule has 2 saturated heterocycles. The molecule has 0 radical (unpaired) electrons. The van der Waals surface area contributed by atoms with Gasteiger partial charge in [0.25, 0.3) is 5.91 Å². The Morgan fingerprint density at radius 2 is 1.34 bits per heavy atom. The molecule has 0 bridgehead atoms. The van der Waals surface area contributed by atoms with Gasteiger partial charge in [-0.2, -0.15) is 0 Å². The Morgan fingerprint density at radius 1 is 0.724 bits per heavy atom. The summed E-state index contributed by atoms with van der Waals surface area (Å²) >= 11 is 0.